The van der Waals surface area contributed by atoms with Gasteiger partial charge in [0.05, 0.1) is 36.8 Å². The third kappa shape index (κ3) is 19.1. The van der Waals surface area contributed by atoms with Crippen LogP contribution >= 0.6 is 0 Å². The number of nitrogens with zero attached hydrogens (tertiary/aromatic N) is 3. The van der Waals surface area contributed by atoms with Crippen LogP contribution in [0.2, 0.25) is 0 Å². The Morgan fingerprint density at radius 1 is 0.649 bits per heavy atom. The van der Waals surface area contributed by atoms with Gasteiger partial charge in [-0.2, -0.15) is 4.58 Å². The summed E-state index contributed by atoms with van der Waals surface area (Å²) in [5.41, 5.74) is 1.56. The average Bonchev–Trinajstić information content (AvgIpc) is 3.78. The van der Waals surface area contributed by atoms with Gasteiger partial charge in [-0.05, 0) is 93.5 Å². The second-order valence-corrected chi connectivity index (χ2v) is 24.4. The first-order chi connectivity index (χ1) is 33.0. The largest absolute Gasteiger partial charge is 1.00 e. The molecule has 388 valence electrons. The van der Waals surface area contributed by atoms with Crippen molar-refractivity contribution in [1.29, 1.82) is 0 Å². The van der Waals surface area contributed by atoms with Crippen LogP contribution in [0.15, 0.2) is 106 Å². The number of fused-ring (bicyclic) bond motifs is 2. The summed E-state index contributed by atoms with van der Waals surface area (Å²) in [5, 5.41) is 2.93. The van der Waals surface area contributed by atoms with Crippen molar-refractivity contribution in [1.82, 2.24) is 10.2 Å². The van der Waals surface area contributed by atoms with Gasteiger partial charge in [-0.1, -0.05) is 63.8 Å². The molecule has 0 radical (unpaired) electrons. The van der Waals surface area contributed by atoms with Crippen molar-refractivity contribution >= 4 is 75.3 Å². The van der Waals surface area contributed by atoms with Gasteiger partial charge in [-0.3, -0.25) is 19.3 Å². The van der Waals surface area contributed by atoms with E-state index in [4.69, 9.17) is 0 Å². The van der Waals surface area contributed by atoms with Gasteiger partial charge in [-0.25, -0.2) is 33.7 Å². The summed E-state index contributed by atoms with van der Waals surface area (Å²) in [4.78, 5) is 37.8. The van der Waals surface area contributed by atoms with Gasteiger partial charge in [0.2, 0.25) is 11.6 Å². The molecule has 2 aromatic rings. The molecule has 3 heterocycles. The zero-order valence-electron chi connectivity index (χ0n) is 43.0. The molecule has 0 bridgehead atoms. The smallest absolute Gasteiger partial charge is 0.748 e. The number of amides is 3. The maximum Gasteiger partial charge on any atom is 1.00 e. The number of hydrogen-bond acceptors (Lipinski definition) is 16. The van der Waals surface area contributed by atoms with Crippen LogP contribution in [0.1, 0.15) is 103 Å². The Morgan fingerprint density at radius 2 is 1.20 bits per heavy atom. The topological polar surface area (TPSA) is 302 Å². The predicted molar refractivity (Wildman–Crippen MR) is 261 cm³/mol. The van der Waals surface area contributed by atoms with Gasteiger partial charge in [0.25, 0.3) is 11.8 Å². The number of allylic oxidation sites excluding steroid dienone is 8. The van der Waals surface area contributed by atoms with Crippen LogP contribution < -0.4 is 98.9 Å². The summed E-state index contributed by atoms with van der Waals surface area (Å²) in [6, 6.07) is 7.52. The fourth-order valence-corrected chi connectivity index (χ4v) is 10.7. The fourth-order valence-electron chi connectivity index (χ4n) is 8.94. The molecule has 74 heavy (non-hydrogen) atoms. The van der Waals surface area contributed by atoms with E-state index in [-0.39, 0.29) is 119 Å². The first-order valence-corrected chi connectivity index (χ1v) is 29.0. The van der Waals surface area contributed by atoms with Crippen molar-refractivity contribution in [3.05, 3.63) is 107 Å². The van der Waals surface area contributed by atoms with Crippen molar-refractivity contribution in [2.45, 2.75) is 113 Å². The Labute approximate surface area is 502 Å². The number of rotatable bonds is 26. The summed E-state index contributed by atoms with van der Waals surface area (Å²) < 4.78 is 144. The van der Waals surface area contributed by atoms with Crippen LogP contribution in [-0.2, 0) is 65.7 Å². The van der Waals surface area contributed by atoms with Gasteiger partial charge < -0.3 is 28.4 Å². The fraction of sp³-hybridized carbons (Fsp3) is 0.458. The molecule has 2 aromatic carbocycles. The number of carbonyl (C=O) groups excluding carboxylic acids is 3. The van der Waals surface area contributed by atoms with E-state index in [1.54, 1.807) is 73.6 Å². The maximum atomic E-state index is 12.5. The van der Waals surface area contributed by atoms with Gasteiger partial charge >= 0.3 is 88.7 Å². The van der Waals surface area contributed by atoms with Crippen molar-refractivity contribution in [3.63, 3.8) is 0 Å². The normalized spacial score (nSPS) is 17.0. The molecule has 0 spiro atoms. The molecule has 0 aliphatic carbocycles. The molecule has 3 aliphatic rings. The van der Waals surface area contributed by atoms with E-state index in [2.05, 4.69) is 5.32 Å². The van der Waals surface area contributed by atoms with Gasteiger partial charge in [0, 0.05) is 72.7 Å². The predicted octanol–water partition coefficient (Wildman–Crippen LogP) is -4.36. The second-order valence-electron chi connectivity index (χ2n) is 18.6. The minimum Gasteiger partial charge on any atom is -0.748 e. The number of benzene rings is 2. The molecule has 0 aromatic heterocycles. The molecule has 3 amide bonds. The zero-order chi connectivity index (χ0) is 52.6. The summed E-state index contributed by atoms with van der Waals surface area (Å²) in [6.45, 7) is 7.41. The van der Waals surface area contributed by atoms with E-state index in [1.165, 1.54) is 41.3 Å². The van der Waals surface area contributed by atoms with E-state index in [0.29, 0.717) is 79.1 Å². The number of anilines is 1. The summed E-state index contributed by atoms with van der Waals surface area (Å²) >= 11 is 0. The van der Waals surface area contributed by atoms with Crippen LogP contribution in [0.25, 0.3) is 0 Å². The quantitative estimate of drug-likeness (QED) is 0.0232. The number of imide groups is 1. The third-order valence-electron chi connectivity index (χ3n) is 12.7. The van der Waals surface area contributed by atoms with Crippen LogP contribution in [0, 0.1) is 0 Å². The molecule has 0 fully saturated rings. The van der Waals surface area contributed by atoms with Crippen molar-refractivity contribution in [2.24, 2.45) is 0 Å². The Bertz CT molecular complexity index is 3040. The Kier molecular flexibility index (Phi) is 26.3. The van der Waals surface area contributed by atoms with Crippen LogP contribution in [0.4, 0.5) is 11.4 Å². The molecule has 0 unspecified atom stereocenters. The standard InChI is InChI=1S/C48H62N4O15S4.3Na/c1-47(2)38-33-36(70(62,63)64)21-23-40(38)50(29-31-68(56,57)58)42(47)18-13-16-35(15-9-5-6-10-20-44(53)49-27-11-7-8-12-28-52-45(54)25-26-46(52)55)17-14-19-43-48(3,4)39-34-37(71(65,66)67)22-24-41(39)51(43)30-32-69(59,60)61;;;/h13-14,16-19,21-26,33-34H,5-12,15,20,27-32H2,1-4H3,(H4-,49,53,56,57,58,59,60,61,62,63,64,65,66,67);;;/q;3*+1/p-3. The third-order valence-corrected chi connectivity index (χ3v) is 15.7. The van der Waals surface area contributed by atoms with E-state index < -0.39 is 72.6 Å². The van der Waals surface area contributed by atoms with E-state index in [1.807, 2.05) is 0 Å². The Morgan fingerprint density at radius 3 is 1.80 bits per heavy atom. The van der Waals surface area contributed by atoms with Crippen molar-refractivity contribution in [2.75, 3.05) is 42.6 Å². The number of nitrogens with one attached hydrogen (secondary N) is 1. The molecule has 5 rings (SSSR count). The summed E-state index contributed by atoms with van der Waals surface area (Å²) in [7, 11) is -19.0. The molecule has 0 saturated carbocycles. The van der Waals surface area contributed by atoms with Crippen LogP contribution in [-0.4, -0.2) is 122 Å². The van der Waals surface area contributed by atoms with E-state index in [9.17, 15) is 66.3 Å². The first kappa shape index (κ1) is 68.0. The molecule has 3 aliphatic heterocycles. The Balaban J connectivity index is 0.00000625. The minimum atomic E-state index is -4.85. The average molecular weight is 1130 g/mol. The first-order valence-electron chi connectivity index (χ1n) is 23.1. The van der Waals surface area contributed by atoms with Crippen LogP contribution in [0.5, 0.6) is 0 Å². The van der Waals surface area contributed by atoms with Crippen LogP contribution in [0.3, 0.4) is 0 Å². The molecular weight excluding hydrogens is 1070 g/mol. The molecule has 0 saturated heterocycles. The van der Waals surface area contributed by atoms with Crippen molar-refractivity contribution < 1.29 is 160 Å². The van der Waals surface area contributed by atoms with Gasteiger partial charge in [0.1, 0.15) is 30.4 Å². The van der Waals surface area contributed by atoms with Crippen molar-refractivity contribution in [3.8, 4) is 0 Å². The summed E-state index contributed by atoms with van der Waals surface area (Å²) in [6.07, 6.45) is 19.7. The zero-order valence-corrected chi connectivity index (χ0v) is 52.3. The Hall–Kier alpha value is -2.14. The molecule has 19 nitrogen and oxygen atoms in total. The van der Waals surface area contributed by atoms with E-state index in [0.717, 1.165) is 49.8 Å². The minimum absolute atomic E-state index is 0. The molecule has 1 N–H and O–H groups in total. The van der Waals surface area contributed by atoms with Gasteiger partial charge in [-0.15, -0.1) is 0 Å². The second kappa shape index (κ2) is 28.7. The number of unbranched alkanes of at least 4 members (excludes halogenated alkanes) is 6. The number of carbonyl (C=O) groups is 3. The molecule has 26 heteroatoms. The maximum absolute atomic E-state index is 12.5. The summed E-state index contributed by atoms with van der Waals surface area (Å²) in [5.74, 6) is -2.20. The number of hydrogen-bond donors (Lipinski definition) is 1. The van der Waals surface area contributed by atoms with Gasteiger partial charge in [0.15, 0.2) is 12.3 Å². The monoisotopic (exact) mass is 1130 g/mol. The molecule has 0 atom stereocenters. The van der Waals surface area contributed by atoms with E-state index >= 15 is 0 Å². The SMILES string of the molecule is CC1(C)C(=CC=CC(=CC=CC2=[N+](CCS(=O)(=O)[O-])c3ccc(S(=O)(=O)[O-])cc3C2(C)C)CCCCCCC(=O)NCCCCCCN2C(=O)C=CC2=O)N(CCS(=O)(=O)[O-])c2ccc(S(=O)(=O)[O-])cc21.[Na+].[Na+].[Na+]. The molecular formula is C48H59N4Na3O15S4.